The molecule has 0 aliphatic heterocycles. The van der Waals surface area contributed by atoms with E-state index in [1.54, 1.807) is 6.92 Å². The molecule has 0 amide bonds. The maximum Gasteiger partial charge on any atom is 0.328 e. The van der Waals surface area contributed by atoms with Gasteiger partial charge < -0.3 is 9.84 Å². The van der Waals surface area contributed by atoms with Crippen LogP contribution in [0.1, 0.15) is 33.3 Å². The van der Waals surface area contributed by atoms with Crippen LogP contribution in [0.3, 0.4) is 0 Å². The molecule has 0 aliphatic rings. The summed E-state index contributed by atoms with van der Waals surface area (Å²) < 4.78 is 5.57. The van der Waals surface area contributed by atoms with Gasteiger partial charge in [0.05, 0.1) is 0 Å². The maximum atomic E-state index is 10.5. The first-order valence-corrected chi connectivity index (χ1v) is 5.92. The normalized spacial score (nSPS) is 12.3. The van der Waals surface area contributed by atoms with Crippen molar-refractivity contribution >= 4 is 5.97 Å². The Morgan fingerprint density at radius 1 is 1.39 bits per heavy atom. The number of hydrogen-bond acceptors (Lipinski definition) is 2. The summed E-state index contributed by atoms with van der Waals surface area (Å²) in [6.45, 7) is 8.45. The number of hydrogen-bond donors (Lipinski definition) is 1. The van der Waals surface area contributed by atoms with E-state index in [1.807, 2.05) is 18.2 Å². The third-order valence-corrected chi connectivity index (χ3v) is 2.54. The third-order valence-electron chi connectivity index (χ3n) is 2.54. The molecule has 1 N–H and O–H groups in total. The van der Waals surface area contributed by atoms with Gasteiger partial charge >= 0.3 is 5.97 Å². The van der Waals surface area contributed by atoms with Gasteiger partial charge in [0.15, 0.2) is 0 Å². The molecule has 0 atom stereocenters. The van der Waals surface area contributed by atoms with Gasteiger partial charge in [0.25, 0.3) is 0 Å². The fourth-order valence-corrected chi connectivity index (χ4v) is 1.50. The van der Waals surface area contributed by atoms with E-state index < -0.39 is 5.97 Å². The molecule has 1 aromatic carbocycles. The van der Waals surface area contributed by atoms with Crippen molar-refractivity contribution in [3.8, 4) is 5.75 Å². The summed E-state index contributed by atoms with van der Waals surface area (Å²) in [5.74, 6) is -0.180. The van der Waals surface area contributed by atoms with Crippen LogP contribution in [0.4, 0.5) is 0 Å². The summed E-state index contributed by atoms with van der Waals surface area (Å²) in [7, 11) is 0. The van der Waals surface area contributed by atoms with Crippen molar-refractivity contribution in [3.63, 3.8) is 0 Å². The molecule has 0 saturated heterocycles. The summed E-state index contributed by atoms with van der Waals surface area (Å²) >= 11 is 0. The van der Waals surface area contributed by atoms with E-state index in [2.05, 4.69) is 26.8 Å². The van der Waals surface area contributed by atoms with Gasteiger partial charge in [-0.3, -0.25) is 0 Å². The molecule has 0 aromatic heterocycles. The first-order valence-electron chi connectivity index (χ1n) is 5.92. The Bertz CT molecular complexity index is 453. The van der Waals surface area contributed by atoms with Crippen molar-refractivity contribution in [2.45, 2.75) is 33.1 Å². The molecule has 0 fully saturated rings. The Kier molecular flexibility index (Phi) is 4.54. The number of ether oxygens (including phenoxy) is 1. The van der Waals surface area contributed by atoms with Crippen LogP contribution in [-0.2, 0) is 10.2 Å². The smallest absolute Gasteiger partial charge is 0.328 e. The molecular weight excluding hydrogens is 228 g/mol. The highest BCUT2D eigenvalue weighted by atomic mass is 16.5. The molecule has 3 nitrogen and oxygen atoms in total. The molecule has 18 heavy (non-hydrogen) atoms. The topological polar surface area (TPSA) is 46.5 Å². The molecule has 0 aliphatic carbocycles. The van der Waals surface area contributed by atoms with Crippen LogP contribution < -0.4 is 4.74 Å². The van der Waals surface area contributed by atoms with Gasteiger partial charge in [-0.15, -0.1) is 0 Å². The summed E-state index contributed by atoms with van der Waals surface area (Å²) in [6, 6.07) is 7.89. The summed E-state index contributed by atoms with van der Waals surface area (Å²) in [4.78, 5) is 10.5. The van der Waals surface area contributed by atoms with Gasteiger partial charge in [0.2, 0.25) is 0 Å². The fourth-order valence-electron chi connectivity index (χ4n) is 1.50. The van der Waals surface area contributed by atoms with Crippen LogP contribution in [0.5, 0.6) is 5.75 Å². The quantitative estimate of drug-likeness (QED) is 0.831. The molecule has 0 heterocycles. The zero-order valence-electron chi connectivity index (χ0n) is 11.4. The highest BCUT2D eigenvalue weighted by molar-refractivity contribution is 5.80. The van der Waals surface area contributed by atoms with E-state index >= 15 is 0 Å². The van der Waals surface area contributed by atoms with E-state index in [0.29, 0.717) is 12.2 Å². The van der Waals surface area contributed by atoms with Gasteiger partial charge in [-0.1, -0.05) is 32.9 Å². The minimum absolute atomic E-state index is 0.0747. The summed E-state index contributed by atoms with van der Waals surface area (Å²) in [5, 5.41) is 8.60. The van der Waals surface area contributed by atoms with Gasteiger partial charge in [0, 0.05) is 6.08 Å². The Balaban J connectivity index is 2.72. The van der Waals surface area contributed by atoms with Crippen molar-refractivity contribution in [2.24, 2.45) is 0 Å². The molecule has 3 heteroatoms. The SMILES string of the molecule is CC(=CC(=O)O)COc1cccc(C(C)(C)C)c1. The van der Waals surface area contributed by atoms with E-state index in [4.69, 9.17) is 9.84 Å². The Morgan fingerprint density at radius 3 is 2.61 bits per heavy atom. The van der Waals surface area contributed by atoms with Gasteiger partial charge in [-0.2, -0.15) is 0 Å². The minimum Gasteiger partial charge on any atom is -0.489 e. The second-order valence-corrected chi connectivity index (χ2v) is 5.40. The Hall–Kier alpha value is -1.77. The van der Waals surface area contributed by atoms with Crippen molar-refractivity contribution in [3.05, 3.63) is 41.5 Å². The Morgan fingerprint density at radius 2 is 2.06 bits per heavy atom. The number of aliphatic carboxylic acids is 1. The third kappa shape index (κ3) is 4.62. The first-order chi connectivity index (χ1) is 8.29. The van der Waals surface area contributed by atoms with E-state index in [0.717, 1.165) is 11.8 Å². The van der Waals surface area contributed by atoms with Gasteiger partial charge in [-0.25, -0.2) is 4.79 Å². The van der Waals surface area contributed by atoms with E-state index in [9.17, 15) is 4.79 Å². The lowest BCUT2D eigenvalue weighted by Crippen LogP contribution is -2.11. The second kappa shape index (κ2) is 5.71. The van der Waals surface area contributed by atoms with E-state index in [-0.39, 0.29) is 5.41 Å². The second-order valence-electron chi connectivity index (χ2n) is 5.40. The number of rotatable bonds is 4. The lowest BCUT2D eigenvalue weighted by molar-refractivity contribution is -0.131. The Labute approximate surface area is 108 Å². The monoisotopic (exact) mass is 248 g/mol. The van der Waals surface area contributed by atoms with Gasteiger partial charge in [0.1, 0.15) is 12.4 Å². The van der Waals surface area contributed by atoms with E-state index in [1.165, 1.54) is 5.56 Å². The number of benzene rings is 1. The highest BCUT2D eigenvalue weighted by Gasteiger charge is 2.13. The molecule has 98 valence electrons. The lowest BCUT2D eigenvalue weighted by atomic mass is 9.87. The largest absolute Gasteiger partial charge is 0.489 e. The van der Waals surface area contributed by atoms with Crippen LogP contribution >= 0.6 is 0 Å². The lowest BCUT2D eigenvalue weighted by Gasteiger charge is -2.19. The molecule has 0 saturated carbocycles. The molecule has 1 rings (SSSR count). The minimum atomic E-state index is -0.945. The molecule has 0 spiro atoms. The zero-order chi connectivity index (χ0) is 13.8. The van der Waals surface area contributed by atoms with Crippen LogP contribution in [0.15, 0.2) is 35.9 Å². The van der Waals surface area contributed by atoms with Crippen LogP contribution in [-0.4, -0.2) is 17.7 Å². The number of carbonyl (C=O) groups is 1. The predicted octanol–water partition coefficient (Wildman–Crippen LogP) is 3.39. The standard InChI is InChI=1S/C15H20O3/c1-11(8-14(16)17)10-18-13-7-5-6-12(9-13)15(2,3)4/h5-9H,10H2,1-4H3,(H,16,17). The molecule has 0 radical (unpaired) electrons. The molecule has 0 unspecified atom stereocenters. The molecule has 1 aromatic rings. The molecular formula is C15H20O3. The fraction of sp³-hybridized carbons (Fsp3) is 0.400. The maximum absolute atomic E-state index is 10.5. The summed E-state index contributed by atoms with van der Waals surface area (Å²) in [6.07, 6.45) is 1.16. The summed E-state index contributed by atoms with van der Waals surface area (Å²) in [5.41, 5.74) is 1.95. The highest BCUT2D eigenvalue weighted by Crippen LogP contribution is 2.25. The van der Waals surface area contributed by atoms with Crippen molar-refractivity contribution in [2.75, 3.05) is 6.61 Å². The first kappa shape index (κ1) is 14.3. The number of carboxylic acids is 1. The van der Waals surface area contributed by atoms with Crippen LogP contribution in [0, 0.1) is 0 Å². The van der Waals surface area contributed by atoms with Crippen LogP contribution in [0.2, 0.25) is 0 Å². The van der Waals surface area contributed by atoms with Crippen molar-refractivity contribution in [1.82, 2.24) is 0 Å². The predicted molar refractivity (Wildman–Crippen MR) is 72.0 cm³/mol. The zero-order valence-corrected chi connectivity index (χ0v) is 11.4. The van der Waals surface area contributed by atoms with Crippen molar-refractivity contribution < 1.29 is 14.6 Å². The average Bonchev–Trinajstić information content (AvgIpc) is 2.25. The number of carboxylic acid groups (broad SMARTS) is 1. The van der Waals surface area contributed by atoms with Crippen LogP contribution in [0.25, 0.3) is 0 Å². The average molecular weight is 248 g/mol. The van der Waals surface area contributed by atoms with Gasteiger partial charge in [-0.05, 0) is 35.6 Å². The van der Waals surface area contributed by atoms with Crippen molar-refractivity contribution in [1.29, 1.82) is 0 Å². The molecule has 0 bridgehead atoms.